The lowest BCUT2D eigenvalue weighted by molar-refractivity contribution is -0.122. The summed E-state index contributed by atoms with van der Waals surface area (Å²) in [4.78, 5) is 25.6. The highest BCUT2D eigenvalue weighted by atomic mass is 19.1. The van der Waals surface area contributed by atoms with Crippen LogP contribution in [0.2, 0.25) is 0 Å². The van der Waals surface area contributed by atoms with E-state index in [1.54, 1.807) is 24.0 Å². The van der Waals surface area contributed by atoms with E-state index >= 15 is 0 Å². The fourth-order valence-electron chi connectivity index (χ4n) is 2.61. The normalized spacial score (nSPS) is 17.1. The average Bonchev–Trinajstić information content (AvgIpc) is 2.47. The lowest BCUT2D eigenvalue weighted by Crippen LogP contribution is -2.47. The summed E-state index contributed by atoms with van der Waals surface area (Å²) >= 11 is 0. The van der Waals surface area contributed by atoms with E-state index in [0.717, 1.165) is 0 Å². The minimum Gasteiger partial charge on any atom is -0.353 e. The monoisotopic (exact) mass is 307 g/mol. The van der Waals surface area contributed by atoms with Gasteiger partial charge < -0.3 is 16.0 Å². The molecule has 1 unspecified atom stereocenters. The molecular formula is C16H22FN3O2. The van der Waals surface area contributed by atoms with Gasteiger partial charge in [-0.3, -0.25) is 9.59 Å². The van der Waals surface area contributed by atoms with E-state index in [9.17, 15) is 14.0 Å². The van der Waals surface area contributed by atoms with Crippen LogP contribution >= 0.6 is 0 Å². The number of hydrogen-bond donors (Lipinski definition) is 2. The number of nitrogens with one attached hydrogen (secondary N) is 1. The van der Waals surface area contributed by atoms with Gasteiger partial charge in [-0.1, -0.05) is 12.1 Å². The number of carbonyl (C=O) groups is 2. The Hall–Kier alpha value is -1.95. The van der Waals surface area contributed by atoms with Crippen LogP contribution in [0.3, 0.4) is 0 Å². The number of rotatable bonds is 4. The molecule has 0 aromatic heterocycles. The average molecular weight is 307 g/mol. The summed E-state index contributed by atoms with van der Waals surface area (Å²) in [6.07, 6.45) is 1.64. The van der Waals surface area contributed by atoms with Crippen LogP contribution in [0.1, 0.15) is 36.5 Å². The van der Waals surface area contributed by atoms with Crippen molar-refractivity contribution in [2.24, 2.45) is 5.73 Å². The van der Waals surface area contributed by atoms with Gasteiger partial charge in [0.1, 0.15) is 5.82 Å². The van der Waals surface area contributed by atoms with Crippen molar-refractivity contribution in [2.45, 2.75) is 38.3 Å². The number of benzene rings is 1. The zero-order valence-electron chi connectivity index (χ0n) is 12.7. The lowest BCUT2D eigenvalue weighted by atomic mass is 10.0. The maximum Gasteiger partial charge on any atom is 0.256 e. The third kappa shape index (κ3) is 4.27. The number of nitrogens with two attached hydrogens (primary N) is 1. The van der Waals surface area contributed by atoms with E-state index < -0.39 is 5.82 Å². The van der Waals surface area contributed by atoms with E-state index in [1.807, 2.05) is 0 Å². The standard InChI is InChI=1S/C16H22FN3O2/c1-11(18)10-15(21)19-12-6-8-20(9-7-12)16(22)13-4-2-3-5-14(13)17/h2-5,11-12H,6-10,18H2,1H3,(H,19,21). The first-order valence-corrected chi connectivity index (χ1v) is 7.56. The summed E-state index contributed by atoms with van der Waals surface area (Å²) < 4.78 is 13.6. The van der Waals surface area contributed by atoms with Crippen LogP contribution in [0.25, 0.3) is 0 Å². The van der Waals surface area contributed by atoms with Gasteiger partial charge in [0.2, 0.25) is 5.91 Å². The Balaban J connectivity index is 1.86. The topological polar surface area (TPSA) is 75.4 Å². The van der Waals surface area contributed by atoms with Crippen LogP contribution in [0.15, 0.2) is 24.3 Å². The number of hydrogen-bond acceptors (Lipinski definition) is 3. The summed E-state index contributed by atoms with van der Waals surface area (Å²) in [5.74, 6) is -0.854. The predicted molar refractivity (Wildman–Crippen MR) is 81.7 cm³/mol. The van der Waals surface area contributed by atoms with Crippen LogP contribution in [0.5, 0.6) is 0 Å². The largest absolute Gasteiger partial charge is 0.353 e. The molecule has 1 aromatic carbocycles. The molecule has 1 aliphatic rings. The van der Waals surface area contributed by atoms with Crippen molar-refractivity contribution in [2.75, 3.05) is 13.1 Å². The highest BCUT2D eigenvalue weighted by molar-refractivity contribution is 5.94. The SMILES string of the molecule is CC(N)CC(=O)NC1CCN(C(=O)c2ccccc2F)CC1. The highest BCUT2D eigenvalue weighted by Crippen LogP contribution is 2.16. The summed E-state index contributed by atoms with van der Waals surface area (Å²) in [5, 5.41) is 2.93. The van der Waals surface area contributed by atoms with Crippen LogP contribution in [0, 0.1) is 5.82 Å². The maximum atomic E-state index is 13.6. The molecular weight excluding hydrogens is 285 g/mol. The number of likely N-dealkylation sites (tertiary alicyclic amines) is 1. The molecule has 0 aliphatic carbocycles. The van der Waals surface area contributed by atoms with Crippen molar-refractivity contribution in [3.05, 3.63) is 35.6 Å². The van der Waals surface area contributed by atoms with Gasteiger partial charge in [-0.15, -0.1) is 0 Å². The zero-order valence-corrected chi connectivity index (χ0v) is 12.7. The van der Waals surface area contributed by atoms with E-state index in [2.05, 4.69) is 5.32 Å². The zero-order chi connectivity index (χ0) is 16.1. The summed E-state index contributed by atoms with van der Waals surface area (Å²) in [6.45, 7) is 2.81. The molecule has 22 heavy (non-hydrogen) atoms. The van der Waals surface area contributed by atoms with Gasteiger partial charge in [0.25, 0.3) is 5.91 Å². The molecule has 3 N–H and O–H groups in total. The fraction of sp³-hybridized carbons (Fsp3) is 0.500. The van der Waals surface area contributed by atoms with E-state index in [1.165, 1.54) is 12.1 Å². The van der Waals surface area contributed by atoms with Gasteiger partial charge in [0.05, 0.1) is 5.56 Å². The molecule has 0 saturated carbocycles. The first-order chi connectivity index (χ1) is 10.5. The number of nitrogens with zero attached hydrogens (tertiary/aromatic N) is 1. The van der Waals surface area contributed by atoms with Crippen molar-refractivity contribution in [3.8, 4) is 0 Å². The Bertz CT molecular complexity index is 540. The molecule has 1 heterocycles. The number of halogens is 1. The van der Waals surface area contributed by atoms with Crippen molar-refractivity contribution in [1.82, 2.24) is 10.2 Å². The molecule has 1 saturated heterocycles. The Morgan fingerprint density at radius 2 is 2.00 bits per heavy atom. The molecule has 1 atom stereocenters. The molecule has 120 valence electrons. The predicted octanol–water partition coefficient (Wildman–Crippen LogP) is 1.28. The molecule has 0 bridgehead atoms. The van der Waals surface area contributed by atoms with Gasteiger partial charge in [0, 0.05) is 31.6 Å². The van der Waals surface area contributed by atoms with Crippen LogP contribution in [-0.2, 0) is 4.79 Å². The van der Waals surface area contributed by atoms with Gasteiger partial charge in [-0.05, 0) is 31.9 Å². The van der Waals surface area contributed by atoms with Crippen molar-refractivity contribution < 1.29 is 14.0 Å². The van der Waals surface area contributed by atoms with Gasteiger partial charge >= 0.3 is 0 Å². The van der Waals surface area contributed by atoms with Gasteiger partial charge in [-0.2, -0.15) is 0 Å². The first-order valence-electron chi connectivity index (χ1n) is 7.56. The smallest absolute Gasteiger partial charge is 0.256 e. The minimum absolute atomic E-state index is 0.0518. The molecule has 2 amide bonds. The van der Waals surface area contributed by atoms with E-state index in [0.29, 0.717) is 32.4 Å². The molecule has 1 aliphatic heterocycles. The molecule has 1 aromatic rings. The van der Waals surface area contributed by atoms with E-state index in [-0.39, 0.29) is 29.5 Å². The van der Waals surface area contributed by atoms with Crippen molar-refractivity contribution in [3.63, 3.8) is 0 Å². The van der Waals surface area contributed by atoms with Crippen LogP contribution < -0.4 is 11.1 Å². The van der Waals surface area contributed by atoms with Crippen LogP contribution in [0.4, 0.5) is 4.39 Å². The molecule has 6 heteroatoms. The maximum absolute atomic E-state index is 13.6. The molecule has 1 fully saturated rings. The van der Waals surface area contributed by atoms with Crippen molar-refractivity contribution >= 4 is 11.8 Å². The summed E-state index contributed by atoms with van der Waals surface area (Å²) in [5.41, 5.74) is 5.69. The summed E-state index contributed by atoms with van der Waals surface area (Å²) in [7, 11) is 0. The van der Waals surface area contributed by atoms with Gasteiger partial charge in [-0.25, -0.2) is 4.39 Å². The Kier molecular flexibility index (Phi) is 5.49. The van der Waals surface area contributed by atoms with Gasteiger partial charge in [0.15, 0.2) is 0 Å². The molecule has 2 rings (SSSR count). The Morgan fingerprint density at radius 1 is 1.36 bits per heavy atom. The highest BCUT2D eigenvalue weighted by Gasteiger charge is 2.25. The fourth-order valence-corrected chi connectivity index (χ4v) is 2.61. The number of piperidine rings is 1. The third-order valence-electron chi connectivity index (χ3n) is 3.76. The second kappa shape index (κ2) is 7.35. The third-order valence-corrected chi connectivity index (χ3v) is 3.76. The second-order valence-electron chi connectivity index (χ2n) is 5.80. The minimum atomic E-state index is -0.500. The Labute approximate surface area is 129 Å². The molecule has 5 nitrogen and oxygen atoms in total. The summed E-state index contributed by atoms with van der Waals surface area (Å²) in [6, 6.07) is 5.88. The lowest BCUT2D eigenvalue weighted by Gasteiger charge is -2.32. The quantitative estimate of drug-likeness (QED) is 0.880. The first kappa shape index (κ1) is 16.4. The second-order valence-corrected chi connectivity index (χ2v) is 5.80. The number of amides is 2. The van der Waals surface area contributed by atoms with Crippen LogP contribution in [-0.4, -0.2) is 41.9 Å². The number of carbonyl (C=O) groups excluding carboxylic acids is 2. The molecule has 0 spiro atoms. The molecule has 0 radical (unpaired) electrons. The van der Waals surface area contributed by atoms with Crippen molar-refractivity contribution in [1.29, 1.82) is 0 Å². The Morgan fingerprint density at radius 3 is 2.59 bits per heavy atom. The van der Waals surface area contributed by atoms with E-state index in [4.69, 9.17) is 5.73 Å².